The first kappa shape index (κ1) is 17.9. The first-order valence-electron chi connectivity index (χ1n) is 7.57. The summed E-state index contributed by atoms with van der Waals surface area (Å²) in [6.07, 6.45) is 2.78. The summed E-state index contributed by atoms with van der Waals surface area (Å²) in [6.45, 7) is 1.53. The predicted octanol–water partition coefficient (Wildman–Crippen LogP) is -0.405. The fraction of sp³-hybridized carbons (Fsp3) is 0.357. The number of fused-ring (bicyclic) bond motifs is 1. The second-order valence-electron chi connectivity index (χ2n) is 5.67. The van der Waals surface area contributed by atoms with Crippen LogP contribution in [-0.2, 0) is 21.4 Å². The number of hydrogen-bond acceptors (Lipinski definition) is 8. The van der Waals surface area contributed by atoms with Gasteiger partial charge in [-0.2, -0.15) is 9.29 Å². The van der Waals surface area contributed by atoms with Crippen molar-refractivity contribution in [3.05, 3.63) is 30.0 Å². The third-order valence-electron chi connectivity index (χ3n) is 3.64. The van der Waals surface area contributed by atoms with E-state index in [4.69, 9.17) is 4.52 Å². The standard InChI is InChI=1S/C14H17N7O4S/c1-9-16-14(25-19-9)10-5-4-6-21-11(17-18-13(10)21)7-15-12(22)8-20(2)26(3,23)24/h4-6H,7-8H2,1-3H3,(H,15,22). The van der Waals surface area contributed by atoms with Crippen LogP contribution in [0.5, 0.6) is 0 Å². The quantitative estimate of drug-likeness (QED) is 0.611. The average molecular weight is 379 g/mol. The maximum absolute atomic E-state index is 11.9. The topological polar surface area (TPSA) is 136 Å². The number of hydrogen-bond donors (Lipinski definition) is 1. The second-order valence-corrected chi connectivity index (χ2v) is 7.76. The first-order chi connectivity index (χ1) is 12.3. The lowest BCUT2D eigenvalue weighted by molar-refractivity contribution is -0.121. The van der Waals surface area contributed by atoms with Crippen LogP contribution in [0.15, 0.2) is 22.9 Å². The molecule has 1 N–H and O–H groups in total. The van der Waals surface area contributed by atoms with Crippen LogP contribution in [-0.4, -0.2) is 63.2 Å². The van der Waals surface area contributed by atoms with E-state index in [1.807, 2.05) is 0 Å². The predicted molar refractivity (Wildman–Crippen MR) is 90.3 cm³/mol. The van der Waals surface area contributed by atoms with Gasteiger partial charge in [-0.05, 0) is 19.1 Å². The van der Waals surface area contributed by atoms with Gasteiger partial charge in [-0.3, -0.25) is 9.20 Å². The summed E-state index contributed by atoms with van der Waals surface area (Å²) in [5, 5.41) is 14.6. The van der Waals surface area contributed by atoms with E-state index in [9.17, 15) is 13.2 Å². The van der Waals surface area contributed by atoms with Gasteiger partial charge in [0, 0.05) is 13.2 Å². The van der Waals surface area contributed by atoms with Gasteiger partial charge in [-0.1, -0.05) is 5.16 Å². The SMILES string of the molecule is Cc1noc(-c2cccn3c(CNC(=O)CN(C)S(C)(=O)=O)nnc23)n1. The number of nitrogens with one attached hydrogen (secondary N) is 1. The highest BCUT2D eigenvalue weighted by molar-refractivity contribution is 7.88. The molecule has 0 bridgehead atoms. The largest absolute Gasteiger partial charge is 0.348 e. The summed E-state index contributed by atoms with van der Waals surface area (Å²) in [5.74, 6) is 0.863. The van der Waals surface area contributed by atoms with Gasteiger partial charge >= 0.3 is 0 Å². The zero-order chi connectivity index (χ0) is 18.9. The van der Waals surface area contributed by atoms with E-state index in [0.717, 1.165) is 10.6 Å². The van der Waals surface area contributed by atoms with Gasteiger partial charge in [0.1, 0.15) is 0 Å². The minimum absolute atomic E-state index is 0.0872. The highest BCUT2D eigenvalue weighted by Gasteiger charge is 2.17. The molecule has 0 aromatic carbocycles. The maximum Gasteiger partial charge on any atom is 0.261 e. The number of aromatic nitrogens is 5. The Morgan fingerprint density at radius 2 is 2.15 bits per heavy atom. The molecule has 0 radical (unpaired) electrons. The van der Waals surface area contributed by atoms with E-state index >= 15 is 0 Å². The van der Waals surface area contributed by atoms with Crippen LogP contribution in [0.1, 0.15) is 11.6 Å². The molecule has 0 unspecified atom stereocenters. The minimum Gasteiger partial charge on any atom is -0.348 e. The molecule has 0 aliphatic rings. The first-order valence-corrected chi connectivity index (χ1v) is 9.42. The molecule has 0 fully saturated rings. The third kappa shape index (κ3) is 3.70. The number of amides is 1. The van der Waals surface area contributed by atoms with Crippen LogP contribution < -0.4 is 5.32 Å². The molecule has 0 aliphatic heterocycles. The van der Waals surface area contributed by atoms with Crippen molar-refractivity contribution in [3.8, 4) is 11.5 Å². The molecule has 11 nitrogen and oxygen atoms in total. The van der Waals surface area contributed by atoms with Crippen molar-refractivity contribution in [1.29, 1.82) is 0 Å². The Kier molecular flexibility index (Phi) is 4.70. The Morgan fingerprint density at radius 1 is 1.38 bits per heavy atom. The average Bonchev–Trinajstić information content (AvgIpc) is 3.18. The number of likely N-dealkylation sites (N-methyl/N-ethyl adjacent to an activating group) is 1. The molecule has 3 aromatic rings. The van der Waals surface area contributed by atoms with Crippen molar-refractivity contribution in [1.82, 2.24) is 34.4 Å². The Morgan fingerprint density at radius 3 is 2.81 bits per heavy atom. The lowest BCUT2D eigenvalue weighted by atomic mass is 10.2. The van der Waals surface area contributed by atoms with Crippen molar-refractivity contribution in [3.63, 3.8) is 0 Å². The fourth-order valence-corrected chi connectivity index (χ4v) is 2.56. The van der Waals surface area contributed by atoms with Crippen molar-refractivity contribution >= 4 is 21.6 Å². The van der Waals surface area contributed by atoms with Gasteiger partial charge in [-0.25, -0.2) is 8.42 Å². The summed E-state index contributed by atoms with van der Waals surface area (Å²) in [5.41, 5.74) is 1.13. The lowest BCUT2D eigenvalue weighted by Crippen LogP contribution is -2.37. The maximum atomic E-state index is 11.9. The fourth-order valence-electron chi connectivity index (χ4n) is 2.21. The number of carbonyl (C=O) groups excluding carboxylic acids is 1. The van der Waals surface area contributed by atoms with Crippen LogP contribution in [0, 0.1) is 6.92 Å². The molecule has 0 saturated carbocycles. The second kappa shape index (κ2) is 6.80. The smallest absolute Gasteiger partial charge is 0.261 e. The van der Waals surface area contributed by atoms with Crippen molar-refractivity contribution in [2.45, 2.75) is 13.5 Å². The highest BCUT2D eigenvalue weighted by Crippen LogP contribution is 2.21. The van der Waals surface area contributed by atoms with E-state index in [2.05, 4.69) is 25.7 Å². The van der Waals surface area contributed by atoms with Crippen LogP contribution >= 0.6 is 0 Å². The third-order valence-corrected chi connectivity index (χ3v) is 4.90. The van der Waals surface area contributed by atoms with Gasteiger partial charge in [0.25, 0.3) is 5.89 Å². The van der Waals surface area contributed by atoms with E-state index in [0.29, 0.717) is 28.8 Å². The Balaban J connectivity index is 1.77. The van der Waals surface area contributed by atoms with Crippen LogP contribution in [0.25, 0.3) is 17.1 Å². The minimum atomic E-state index is -3.42. The lowest BCUT2D eigenvalue weighted by Gasteiger charge is -2.13. The molecular formula is C14H17N7O4S. The highest BCUT2D eigenvalue weighted by atomic mass is 32.2. The number of nitrogens with zero attached hydrogens (tertiary/aromatic N) is 6. The van der Waals surface area contributed by atoms with E-state index in [1.165, 1.54) is 7.05 Å². The summed E-state index contributed by atoms with van der Waals surface area (Å²) in [7, 11) is -2.09. The summed E-state index contributed by atoms with van der Waals surface area (Å²) in [6, 6.07) is 3.55. The molecule has 0 spiro atoms. The Labute approximate surface area is 149 Å². The number of sulfonamides is 1. The number of aryl methyl sites for hydroxylation is 1. The van der Waals surface area contributed by atoms with Crippen molar-refractivity contribution < 1.29 is 17.7 Å². The van der Waals surface area contributed by atoms with Gasteiger partial charge in [0.15, 0.2) is 17.3 Å². The monoisotopic (exact) mass is 379 g/mol. The van der Waals surface area contributed by atoms with Gasteiger partial charge in [0.2, 0.25) is 15.9 Å². The normalized spacial score (nSPS) is 12.0. The molecule has 3 heterocycles. The molecule has 26 heavy (non-hydrogen) atoms. The van der Waals surface area contributed by atoms with Crippen LogP contribution in [0.2, 0.25) is 0 Å². The molecule has 1 amide bonds. The zero-order valence-corrected chi connectivity index (χ0v) is 15.2. The van der Waals surface area contributed by atoms with E-state index in [1.54, 1.807) is 29.7 Å². The van der Waals surface area contributed by atoms with Crippen molar-refractivity contribution in [2.75, 3.05) is 19.8 Å². The number of pyridine rings is 1. The summed E-state index contributed by atoms with van der Waals surface area (Å²) in [4.78, 5) is 16.1. The van der Waals surface area contributed by atoms with Crippen LogP contribution in [0.4, 0.5) is 0 Å². The molecule has 3 rings (SSSR count). The Hall–Kier alpha value is -2.86. The van der Waals surface area contributed by atoms with Gasteiger partial charge in [-0.15, -0.1) is 10.2 Å². The summed E-state index contributed by atoms with van der Waals surface area (Å²) < 4.78 is 30.5. The van der Waals surface area contributed by atoms with E-state index < -0.39 is 15.9 Å². The molecule has 0 aliphatic carbocycles. The molecular weight excluding hydrogens is 362 g/mol. The van der Waals surface area contributed by atoms with E-state index in [-0.39, 0.29) is 13.1 Å². The molecule has 12 heteroatoms. The van der Waals surface area contributed by atoms with Gasteiger partial charge in [0.05, 0.1) is 24.9 Å². The molecule has 0 saturated heterocycles. The Bertz CT molecular complexity index is 1060. The zero-order valence-electron chi connectivity index (χ0n) is 14.4. The molecule has 138 valence electrons. The van der Waals surface area contributed by atoms with Crippen molar-refractivity contribution in [2.24, 2.45) is 0 Å². The number of rotatable bonds is 6. The molecule has 3 aromatic heterocycles. The molecule has 0 atom stereocenters. The van der Waals surface area contributed by atoms with Crippen LogP contribution in [0.3, 0.4) is 0 Å². The van der Waals surface area contributed by atoms with Gasteiger partial charge < -0.3 is 9.84 Å². The number of carbonyl (C=O) groups is 1. The summed E-state index contributed by atoms with van der Waals surface area (Å²) >= 11 is 0.